The summed E-state index contributed by atoms with van der Waals surface area (Å²) in [4.78, 5) is 30.3. The number of aromatic nitrogens is 1. The van der Waals surface area contributed by atoms with Crippen LogP contribution in [0.1, 0.15) is 32.6 Å². The molecule has 0 spiro atoms. The second-order valence-electron chi connectivity index (χ2n) is 6.11. The topological polar surface area (TPSA) is 74.3 Å². The van der Waals surface area contributed by atoms with E-state index >= 15 is 0 Å². The van der Waals surface area contributed by atoms with Crippen molar-refractivity contribution in [3.05, 3.63) is 11.1 Å². The van der Waals surface area contributed by atoms with Crippen LogP contribution in [0, 0.1) is 5.92 Å². The Balaban J connectivity index is 2.60. The molecule has 0 saturated carbocycles. The van der Waals surface area contributed by atoms with Crippen LogP contribution in [0.3, 0.4) is 0 Å². The van der Waals surface area contributed by atoms with Crippen LogP contribution in [-0.2, 0) is 10.2 Å². The molecule has 0 radical (unpaired) electrons. The Labute approximate surface area is 129 Å². The maximum atomic E-state index is 12.1. The van der Waals surface area contributed by atoms with Crippen molar-refractivity contribution in [3.63, 3.8) is 0 Å². The van der Waals surface area contributed by atoms with Gasteiger partial charge in [-0.25, -0.2) is 9.78 Å². The molecule has 21 heavy (non-hydrogen) atoms. The minimum absolute atomic E-state index is 0.0142. The number of hydrogen-bond acceptors (Lipinski definition) is 4. The van der Waals surface area contributed by atoms with Gasteiger partial charge in [-0.2, -0.15) is 0 Å². The maximum absolute atomic E-state index is 12.1. The number of rotatable bonds is 4. The molecule has 7 heteroatoms. The molecular formula is C14H24N4O2S. The number of amides is 3. The predicted molar refractivity (Wildman–Crippen MR) is 85.7 cm³/mol. The first-order valence-electron chi connectivity index (χ1n) is 6.85. The monoisotopic (exact) mass is 312 g/mol. The Kier molecular flexibility index (Phi) is 5.71. The SMILES string of the molecule is CNC(=O)[C@H](C)CN(C)C(=O)Nc1ncc(C(C)(C)C)s1. The third-order valence-corrected chi connectivity index (χ3v) is 4.39. The summed E-state index contributed by atoms with van der Waals surface area (Å²) in [5.74, 6) is -0.342. The molecule has 0 aliphatic rings. The van der Waals surface area contributed by atoms with E-state index in [-0.39, 0.29) is 23.3 Å². The predicted octanol–water partition coefficient (Wildman–Crippen LogP) is 2.29. The normalized spacial score (nSPS) is 12.7. The Hall–Kier alpha value is -1.63. The van der Waals surface area contributed by atoms with E-state index in [1.807, 2.05) is 0 Å². The molecule has 118 valence electrons. The lowest BCUT2D eigenvalue weighted by atomic mass is 9.96. The lowest BCUT2D eigenvalue weighted by molar-refractivity contribution is -0.124. The standard InChI is InChI=1S/C14H24N4O2S/c1-9(11(19)15-5)8-18(6)13(20)17-12-16-7-10(21-12)14(2,3)4/h7,9H,8H2,1-6H3,(H,15,19)(H,16,17,20)/t9-/m1/s1. The average Bonchev–Trinajstić information content (AvgIpc) is 2.85. The minimum Gasteiger partial charge on any atom is -0.359 e. The van der Waals surface area contributed by atoms with Crippen molar-refractivity contribution in [2.24, 2.45) is 5.92 Å². The molecule has 0 aromatic carbocycles. The van der Waals surface area contributed by atoms with Crippen LogP contribution < -0.4 is 10.6 Å². The number of urea groups is 1. The molecule has 0 unspecified atom stereocenters. The van der Waals surface area contributed by atoms with Gasteiger partial charge in [0.25, 0.3) is 0 Å². The summed E-state index contributed by atoms with van der Waals surface area (Å²) in [7, 11) is 3.25. The highest BCUT2D eigenvalue weighted by Crippen LogP contribution is 2.30. The summed E-state index contributed by atoms with van der Waals surface area (Å²) in [6.45, 7) is 8.43. The number of thiazole rings is 1. The van der Waals surface area contributed by atoms with Crippen LogP contribution in [0.4, 0.5) is 9.93 Å². The van der Waals surface area contributed by atoms with E-state index in [9.17, 15) is 9.59 Å². The van der Waals surface area contributed by atoms with Crippen molar-refractivity contribution in [2.45, 2.75) is 33.1 Å². The lowest BCUT2D eigenvalue weighted by Gasteiger charge is -2.20. The summed E-state index contributed by atoms with van der Waals surface area (Å²) < 4.78 is 0. The second-order valence-corrected chi connectivity index (χ2v) is 7.14. The Bertz CT molecular complexity index is 507. The van der Waals surface area contributed by atoms with E-state index in [4.69, 9.17) is 0 Å². The third-order valence-electron chi connectivity index (χ3n) is 3.05. The van der Waals surface area contributed by atoms with Gasteiger partial charge in [-0.1, -0.05) is 27.7 Å². The van der Waals surface area contributed by atoms with Gasteiger partial charge in [0.1, 0.15) is 0 Å². The van der Waals surface area contributed by atoms with Gasteiger partial charge in [-0.15, -0.1) is 11.3 Å². The number of hydrogen-bond donors (Lipinski definition) is 2. The summed E-state index contributed by atoms with van der Waals surface area (Å²) in [5.41, 5.74) is 0.0142. The fourth-order valence-electron chi connectivity index (χ4n) is 1.69. The highest BCUT2D eigenvalue weighted by atomic mass is 32.1. The van der Waals surface area contributed by atoms with Gasteiger partial charge >= 0.3 is 6.03 Å². The highest BCUT2D eigenvalue weighted by Gasteiger charge is 2.20. The molecule has 2 N–H and O–H groups in total. The Morgan fingerprint density at radius 3 is 2.52 bits per heavy atom. The van der Waals surface area contributed by atoms with Crippen LogP contribution >= 0.6 is 11.3 Å². The van der Waals surface area contributed by atoms with Crippen LogP contribution in [0.2, 0.25) is 0 Å². The van der Waals surface area contributed by atoms with Crippen molar-refractivity contribution < 1.29 is 9.59 Å². The van der Waals surface area contributed by atoms with E-state index in [0.717, 1.165) is 4.88 Å². The molecule has 0 aliphatic heterocycles. The summed E-state index contributed by atoms with van der Waals surface area (Å²) in [5, 5.41) is 5.90. The molecule has 1 aromatic heterocycles. The number of carbonyl (C=O) groups excluding carboxylic acids is 2. The van der Waals surface area contributed by atoms with Crippen molar-refractivity contribution in [2.75, 3.05) is 26.0 Å². The highest BCUT2D eigenvalue weighted by molar-refractivity contribution is 7.15. The molecule has 1 aromatic rings. The largest absolute Gasteiger partial charge is 0.359 e. The van der Waals surface area contributed by atoms with Crippen molar-refractivity contribution in [1.82, 2.24) is 15.2 Å². The Morgan fingerprint density at radius 2 is 2.05 bits per heavy atom. The van der Waals surface area contributed by atoms with E-state index < -0.39 is 0 Å². The molecule has 1 heterocycles. The zero-order chi connectivity index (χ0) is 16.2. The van der Waals surface area contributed by atoms with Crippen LogP contribution in [0.5, 0.6) is 0 Å². The summed E-state index contributed by atoms with van der Waals surface area (Å²) >= 11 is 1.47. The van der Waals surface area contributed by atoms with Gasteiger partial charge in [-0.3, -0.25) is 10.1 Å². The van der Waals surface area contributed by atoms with Crippen molar-refractivity contribution in [3.8, 4) is 0 Å². The van der Waals surface area contributed by atoms with E-state index in [0.29, 0.717) is 11.7 Å². The number of nitrogens with zero attached hydrogens (tertiary/aromatic N) is 2. The van der Waals surface area contributed by atoms with E-state index in [1.165, 1.54) is 16.2 Å². The molecule has 0 bridgehead atoms. The van der Waals surface area contributed by atoms with Crippen molar-refractivity contribution in [1.29, 1.82) is 0 Å². The molecule has 6 nitrogen and oxygen atoms in total. The summed E-state index contributed by atoms with van der Waals surface area (Å²) in [6.07, 6.45) is 1.79. The van der Waals surface area contributed by atoms with Crippen LogP contribution in [-0.4, -0.2) is 42.5 Å². The van der Waals surface area contributed by atoms with Gasteiger partial charge < -0.3 is 10.2 Å². The first-order chi connectivity index (χ1) is 9.65. The van der Waals surface area contributed by atoms with Crippen LogP contribution in [0.15, 0.2) is 6.20 Å². The van der Waals surface area contributed by atoms with Crippen molar-refractivity contribution >= 4 is 28.4 Å². The van der Waals surface area contributed by atoms with Gasteiger partial charge in [0, 0.05) is 31.7 Å². The first-order valence-corrected chi connectivity index (χ1v) is 7.66. The fraction of sp³-hybridized carbons (Fsp3) is 0.643. The molecule has 0 saturated heterocycles. The van der Waals surface area contributed by atoms with E-state index in [1.54, 1.807) is 27.2 Å². The number of anilines is 1. The van der Waals surface area contributed by atoms with Gasteiger partial charge in [0.2, 0.25) is 5.91 Å². The first kappa shape index (κ1) is 17.4. The van der Waals surface area contributed by atoms with Gasteiger partial charge in [-0.05, 0) is 5.41 Å². The smallest absolute Gasteiger partial charge is 0.323 e. The maximum Gasteiger partial charge on any atom is 0.323 e. The molecule has 1 atom stereocenters. The third kappa shape index (κ3) is 5.00. The second kappa shape index (κ2) is 6.89. The van der Waals surface area contributed by atoms with Gasteiger partial charge in [0.05, 0.1) is 5.92 Å². The molecule has 3 amide bonds. The number of nitrogens with one attached hydrogen (secondary N) is 2. The molecule has 1 rings (SSSR count). The molecule has 0 aliphatic carbocycles. The molecule has 0 fully saturated rings. The fourth-order valence-corrected chi connectivity index (χ4v) is 2.55. The number of carbonyl (C=O) groups is 2. The quantitative estimate of drug-likeness (QED) is 0.896. The minimum atomic E-state index is -0.263. The Morgan fingerprint density at radius 1 is 1.43 bits per heavy atom. The van der Waals surface area contributed by atoms with Crippen LogP contribution in [0.25, 0.3) is 0 Å². The van der Waals surface area contributed by atoms with Gasteiger partial charge in [0.15, 0.2) is 5.13 Å². The zero-order valence-corrected chi connectivity index (χ0v) is 14.3. The summed E-state index contributed by atoms with van der Waals surface area (Å²) in [6, 6.07) is -0.263. The lowest BCUT2D eigenvalue weighted by Crippen LogP contribution is -2.39. The average molecular weight is 312 g/mol. The zero-order valence-electron chi connectivity index (χ0n) is 13.5. The van der Waals surface area contributed by atoms with E-state index in [2.05, 4.69) is 36.4 Å². The molecular weight excluding hydrogens is 288 g/mol.